The highest BCUT2D eigenvalue weighted by atomic mass is 16.5. The summed E-state index contributed by atoms with van der Waals surface area (Å²) in [6.07, 6.45) is 18.0. The number of ether oxygens (including phenoxy) is 1. The van der Waals surface area contributed by atoms with Crippen molar-refractivity contribution in [1.29, 1.82) is 0 Å². The molecule has 1 aliphatic heterocycles. The quantitative estimate of drug-likeness (QED) is 0.511. The number of likely N-dealkylation sites (tertiary alicyclic amines) is 1. The Bertz CT molecular complexity index is 661. The molecule has 0 bridgehead atoms. The Morgan fingerprint density at radius 2 is 1.72 bits per heavy atom. The number of nitrogens with zero attached hydrogens (tertiary/aromatic N) is 1. The lowest BCUT2D eigenvalue weighted by Gasteiger charge is -2.58. The van der Waals surface area contributed by atoms with Crippen molar-refractivity contribution >= 4 is 0 Å². The summed E-state index contributed by atoms with van der Waals surface area (Å²) in [5, 5.41) is 0. The molecule has 0 spiro atoms. The van der Waals surface area contributed by atoms with Gasteiger partial charge in [-0.1, -0.05) is 44.1 Å². The smallest absolute Gasteiger partial charge is 0.0759 e. The first kappa shape index (κ1) is 20.3. The fourth-order valence-corrected chi connectivity index (χ4v) is 8.25. The van der Waals surface area contributed by atoms with Crippen LogP contribution in [0.15, 0.2) is 23.8 Å². The Morgan fingerprint density at radius 1 is 0.966 bits per heavy atom. The number of hydrogen-bond donors (Lipinski definition) is 0. The summed E-state index contributed by atoms with van der Waals surface area (Å²) in [5.41, 5.74) is 4.22. The third kappa shape index (κ3) is 3.47. The lowest BCUT2D eigenvalue weighted by atomic mass is 9.47. The fourth-order valence-electron chi connectivity index (χ4n) is 8.25. The minimum Gasteiger partial charge on any atom is -0.373 e. The summed E-state index contributed by atoms with van der Waals surface area (Å²) in [6.45, 7) is 14.3. The Morgan fingerprint density at radius 3 is 2.55 bits per heavy atom. The number of allylic oxidation sites excluding steroid dienone is 2. The van der Waals surface area contributed by atoms with Crippen LogP contribution in [-0.4, -0.2) is 37.2 Å². The second kappa shape index (κ2) is 7.83. The van der Waals surface area contributed by atoms with Crippen molar-refractivity contribution < 1.29 is 4.74 Å². The molecule has 5 rings (SSSR count). The van der Waals surface area contributed by atoms with Gasteiger partial charge in [0.15, 0.2) is 0 Å². The van der Waals surface area contributed by atoms with Crippen molar-refractivity contribution in [3.05, 3.63) is 23.8 Å². The third-order valence-corrected chi connectivity index (χ3v) is 10.2. The molecule has 0 N–H and O–H groups in total. The Labute approximate surface area is 179 Å². The molecule has 0 amide bonds. The van der Waals surface area contributed by atoms with Crippen LogP contribution in [0.1, 0.15) is 84.5 Å². The van der Waals surface area contributed by atoms with Gasteiger partial charge in [-0.2, -0.15) is 0 Å². The molecule has 0 radical (unpaired) electrons. The highest BCUT2D eigenvalue weighted by molar-refractivity contribution is 5.28. The molecule has 1 heterocycles. The first-order valence-corrected chi connectivity index (χ1v) is 12.7. The van der Waals surface area contributed by atoms with E-state index in [1.54, 1.807) is 11.1 Å². The minimum atomic E-state index is 0.375. The van der Waals surface area contributed by atoms with Gasteiger partial charge in [-0.15, -0.1) is 0 Å². The molecular weight excluding hydrogens is 354 g/mol. The lowest BCUT2D eigenvalue weighted by Crippen LogP contribution is -2.50. The minimum absolute atomic E-state index is 0.375. The van der Waals surface area contributed by atoms with Crippen molar-refractivity contribution in [2.24, 2.45) is 28.6 Å². The zero-order valence-electron chi connectivity index (χ0n) is 19.1. The van der Waals surface area contributed by atoms with E-state index in [0.717, 1.165) is 30.9 Å². The van der Waals surface area contributed by atoms with Gasteiger partial charge in [0, 0.05) is 6.54 Å². The Balaban J connectivity index is 1.23. The van der Waals surface area contributed by atoms with Crippen LogP contribution in [0.4, 0.5) is 0 Å². The summed E-state index contributed by atoms with van der Waals surface area (Å²) in [4.78, 5) is 2.60. The van der Waals surface area contributed by atoms with Gasteiger partial charge in [0.05, 0.1) is 12.7 Å². The molecule has 3 saturated carbocycles. The van der Waals surface area contributed by atoms with Crippen molar-refractivity contribution in [1.82, 2.24) is 4.90 Å². The van der Waals surface area contributed by atoms with E-state index in [2.05, 4.69) is 31.4 Å². The van der Waals surface area contributed by atoms with Crippen LogP contribution >= 0.6 is 0 Å². The molecule has 0 aromatic heterocycles. The molecule has 4 aliphatic carbocycles. The monoisotopic (exact) mass is 397 g/mol. The standard InChI is InChI=1S/C27H43NO/c1-20-7-10-24-23-9-8-21-19-22(29-18-17-28-15-5-4-6-16-28)11-13-27(21,3)25(23)12-14-26(20,24)2/h19,22-25H,1,4-18H2,2-3H3/t22-,23?,24?,25?,26+,27-/m0/s1. The molecule has 2 heteroatoms. The van der Waals surface area contributed by atoms with E-state index in [9.17, 15) is 0 Å². The average Bonchev–Trinajstić information content (AvgIpc) is 3.04. The SMILES string of the molecule is C=C1CCC2C3CCC4=C[C@@H](OCCN5CCCCC5)CC[C@]4(C)C3CC[C@]12C. The van der Waals surface area contributed by atoms with Crippen molar-refractivity contribution in [2.75, 3.05) is 26.2 Å². The van der Waals surface area contributed by atoms with E-state index in [1.165, 1.54) is 83.7 Å². The molecule has 6 atom stereocenters. The van der Waals surface area contributed by atoms with Crippen LogP contribution in [-0.2, 0) is 4.74 Å². The summed E-state index contributed by atoms with van der Waals surface area (Å²) in [5.74, 6) is 2.75. The van der Waals surface area contributed by atoms with Crippen LogP contribution < -0.4 is 0 Å². The van der Waals surface area contributed by atoms with Gasteiger partial charge in [0.25, 0.3) is 0 Å². The van der Waals surface area contributed by atoms with Gasteiger partial charge in [-0.25, -0.2) is 0 Å². The molecule has 3 unspecified atom stereocenters. The summed E-state index contributed by atoms with van der Waals surface area (Å²) >= 11 is 0. The average molecular weight is 398 g/mol. The van der Waals surface area contributed by atoms with Gasteiger partial charge in [-0.3, -0.25) is 0 Å². The maximum absolute atomic E-state index is 6.39. The van der Waals surface area contributed by atoms with Crippen molar-refractivity contribution in [3.63, 3.8) is 0 Å². The zero-order valence-corrected chi connectivity index (χ0v) is 19.1. The molecule has 162 valence electrons. The maximum atomic E-state index is 6.39. The van der Waals surface area contributed by atoms with Gasteiger partial charge in [0.1, 0.15) is 0 Å². The molecule has 1 saturated heterocycles. The van der Waals surface area contributed by atoms with E-state index in [1.807, 2.05) is 0 Å². The van der Waals surface area contributed by atoms with E-state index in [4.69, 9.17) is 4.74 Å². The largest absolute Gasteiger partial charge is 0.373 e. The number of fused-ring (bicyclic) bond motifs is 5. The van der Waals surface area contributed by atoms with Crippen molar-refractivity contribution in [2.45, 2.75) is 90.6 Å². The molecule has 5 aliphatic rings. The van der Waals surface area contributed by atoms with Crippen LogP contribution in [0, 0.1) is 28.6 Å². The number of rotatable bonds is 4. The molecule has 2 nitrogen and oxygen atoms in total. The van der Waals surface area contributed by atoms with Gasteiger partial charge in [-0.05, 0) is 106 Å². The topological polar surface area (TPSA) is 12.5 Å². The van der Waals surface area contributed by atoms with Gasteiger partial charge < -0.3 is 9.64 Å². The van der Waals surface area contributed by atoms with Gasteiger partial charge in [0.2, 0.25) is 0 Å². The van der Waals surface area contributed by atoms with Crippen LogP contribution in [0.3, 0.4) is 0 Å². The van der Waals surface area contributed by atoms with E-state index in [-0.39, 0.29) is 0 Å². The predicted octanol–water partition coefficient (Wildman–Crippen LogP) is 6.38. The second-order valence-electron chi connectivity index (χ2n) is 11.5. The normalized spacial score (nSPS) is 45.3. The molecule has 29 heavy (non-hydrogen) atoms. The molecular formula is C27H43NO. The van der Waals surface area contributed by atoms with Crippen LogP contribution in [0.25, 0.3) is 0 Å². The number of hydrogen-bond acceptors (Lipinski definition) is 2. The van der Waals surface area contributed by atoms with Crippen LogP contribution in [0.2, 0.25) is 0 Å². The molecule has 4 fully saturated rings. The maximum Gasteiger partial charge on any atom is 0.0759 e. The van der Waals surface area contributed by atoms with Crippen molar-refractivity contribution in [3.8, 4) is 0 Å². The molecule has 0 aromatic rings. The summed E-state index contributed by atoms with van der Waals surface area (Å²) < 4.78 is 6.39. The van der Waals surface area contributed by atoms with Crippen LogP contribution in [0.5, 0.6) is 0 Å². The van der Waals surface area contributed by atoms with E-state index < -0.39 is 0 Å². The zero-order chi connectivity index (χ0) is 20.1. The highest BCUT2D eigenvalue weighted by Gasteiger charge is 2.57. The first-order valence-electron chi connectivity index (χ1n) is 12.7. The summed E-state index contributed by atoms with van der Waals surface area (Å²) in [7, 11) is 0. The lowest BCUT2D eigenvalue weighted by molar-refractivity contribution is -0.0380. The number of piperidine rings is 1. The Kier molecular flexibility index (Phi) is 5.48. The second-order valence-corrected chi connectivity index (χ2v) is 11.5. The summed E-state index contributed by atoms with van der Waals surface area (Å²) in [6, 6.07) is 0. The highest BCUT2D eigenvalue weighted by Crippen LogP contribution is 2.66. The Hall–Kier alpha value is -0.600. The van der Waals surface area contributed by atoms with E-state index >= 15 is 0 Å². The predicted molar refractivity (Wildman–Crippen MR) is 121 cm³/mol. The third-order valence-electron chi connectivity index (χ3n) is 10.2. The molecule has 0 aromatic carbocycles. The fraction of sp³-hybridized carbons (Fsp3) is 0.852. The first-order chi connectivity index (χ1) is 14.0. The van der Waals surface area contributed by atoms with Gasteiger partial charge >= 0.3 is 0 Å². The van der Waals surface area contributed by atoms with E-state index in [0.29, 0.717) is 16.9 Å².